The van der Waals surface area contributed by atoms with Crippen LogP contribution in [0.25, 0.3) is 0 Å². The Balaban J connectivity index is 1.79. The van der Waals surface area contributed by atoms with Crippen molar-refractivity contribution in [2.45, 2.75) is 6.42 Å². The maximum Gasteiger partial charge on any atom is 0.251 e. The highest BCUT2D eigenvalue weighted by Crippen LogP contribution is 2.19. The standard InChI is InChI=1S/C19H21ClFN3O3/c1-27-10-2-9-22-19(26)13-3-5-14(6-4-13)23-12-18(25)24-15-7-8-17(21)16(20)11-15/h3-8,11,23H,2,9-10,12H2,1H3,(H,22,26)(H,24,25). The summed E-state index contributed by atoms with van der Waals surface area (Å²) < 4.78 is 18.0. The van der Waals surface area contributed by atoms with Crippen LogP contribution in [0.1, 0.15) is 16.8 Å². The molecule has 2 aromatic rings. The average molecular weight is 394 g/mol. The second kappa shape index (κ2) is 10.5. The Morgan fingerprint density at radius 3 is 2.48 bits per heavy atom. The molecule has 0 atom stereocenters. The molecule has 0 saturated heterocycles. The fourth-order valence-corrected chi connectivity index (χ4v) is 2.40. The number of carbonyl (C=O) groups is 2. The van der Waals surface area contributed by atoms with Crippen molar-refractivity contribution in [3.05, 3.63) is 58.9 Å². The molecule has 27 heavy (non-hydrogen) atoms. The quantitative estimate of drug-likeness (QED) is 0.571. The predicted molar refractivity (Wildman–Crippen MR) is 104 cm³/mol. The van der Waals surface area contributed by atoms with Gasteiger partial charge in [-0.1, -0.05) is 11.6 Å². The molecular weight excluding hydrogens is 373 g/mol. The molecule has 0 fully saturated rings. The van der Waals surface area contributed by atoms with Crippen LogP contribution < -0.4 is 16.0 Å². The normalized spacial score (nSPS) is 10.3. The monoisotopic (exact) mass is 393 g/mol. The van der Waals surface area contributed by atoms with Gasteiger partial charge in [-0.05, 0) is 48.9 Å². The minimum atomic E-state index is -0.546. The summed E-state index contributed by atoms with van der Waals surface area (Å²) in [5, 5.41) is 8.31. The summed E-state index contributed by atoms with van der Waals surface area (Å²) in [5.74, 6) is -1.02. The summed E-state index contributed by atoms with van der Waals surface area (Å²) in [6.07, 6.45) is 0.746. The van der Waals surface area contributed by atoms with Gasteiger partial charge in [0.2, 0.25) is 5.91 Å². The zero-order valence-corrected chi connectivity index (χ0v) is 15.6. The van der Waals surface area contributed by atoms with E-state index in [0.717, 1.165) is 6.42 Å². The Morgan fingerprint density at radius 2 is 1.81 bits per heavy atom. The number of methoxy groups -OCH3 is 1. The lowest BCUT2D eigenvalue weighted by Gasteiger charge is -2.09. The summed E-state index contributed by atoms with van der Waals surface area (Å²) in [5.41, 5.74) is 1.63. The SMILES string of the molecule is COCCCNC(=O)c1ccc(NCC(=O)Nc2ccc(F)c(Cl)c2)cc1. The largest absolute Gasteiger partial charge is 0.385 e. The Hall–Kier alpha value is -2.64. The topological polar surface area (TPSA) is 79.5 Å². The summed E-state index contributed by atoms with van der Waals surface area (Å²) in [7, 11) is 1.61. The lowest BCUT2D eigenvalue weighted by Crippen LogP contribution is -2.25. The molecule has 0 unspecified atom stereocenters. The molecule has 144 valence electrons. The van der Waals surface area contributed by atoms with Gasteiger partial charge < -0.3 is 20.7 Å². The zero-order valence-electron chi connectivity index (χ0n) is 14.9. The highest BCUT2D eigenvalue weighted by Gasteiger charge is 2.07. The Labute approximate surface area is 162 Å². The molecule has 0 bridgehead atoms. The predicted octanol–water partition coefficient (Wildman–Crippen LogP) is 3.30. The number of amides is 2. The lowest BCUT2D eigenvalue weighted by molar-refractivity contribution is -0.114. The van der Waals surface area contributed by atoms with Crippen LogP contribution in [0.3, 0.4) is 0 Å². The highest BCUT2D eigenvalue weighted by atomic mass is 35.5. The first kappa shape index (κ1) is 20.7. The smallest absolute Gasteiger partial charge is 0.251 e. The number of carbonyl (C=O) groups excluding carboxylic acids is 2. The van der Waals surface area contributed by atoms with Crippen LogP contribution >= 0.6 is 11.6 Å². The van der Waals surface area contributed by atoms with Crippen molar-refractivity contribution in [2.24, 2.45) is 0 Å². The van der Waals surface area contributed by atoms with Crippen molar-refractivity contribution >= 4 is 34.8 Å². The van der Waals surface area contributed by atoms with E-state index < -0.39 is 5.82 Å². The molecule has 2 amide bonds. The molecule has 0 aliphatic heterocycles. The average Bonchev–Trinajstić information content (AvgIpc) is 2.67. The third-order valence-electron chi connectivity index (χ3n) is 3.61. The van der Waals surface area contributed by atoms with Crippen LogP contribution in [0.5, 0.6) is 0 Å². The second-order valence-electron chi connectivity index (χ2n) is 5.71. The van der Waals surface area contributed by atoms with E-state index in [9.17, 15) is 14.0 Å². The van der Waals surface area contributed by atoms with Gasteiger partial charge in [-0.3, -0.25) is 9.59 Å². The number of anilines is 2. The Morgan fingerprint density at radius 1 is 1.11 bits per heavy atom. The van der Waals surface area contributed by atoms with Gasteiger partial charge in [0, 0.05) is 37.2 Å². The molecule has 0 radical (unpaired) electrons. The number of hydrogen-bond donors (Lipinski definition) is 3. The van der Waals surface area contributed by atoms with Gasteiger partial charge in [-0.2, -0.15) is 0 Å². The van der Waals surface area contributed by atoms with Gasteiger partial charge in [0.05, 0.1) is 11.6 Å². The van der Waals surface area contributed by atoms with Crippen LogP contribution in [-0.2, 0) is 9.53 Å². The van der Waals surface area contributed by atoms with Crippen molar-refractivity contribution in [3.63, 3.8) is 0 Å². The number of benzene rings is 2. The Kier molecular flexibility index (Phi) is 8.03. The van der Waals surface area contributed by atoms with Gasteiger partial charge in [0.15, 0.2) is 0 Å². The van der Waals surface area contributed by atoms with E-state index in [1.807, 2.05) is 0 Å². The molecule has 0 spiro atoms. The molecule has 0 aliphatic rings. The minimum Gasteiger partial charge on any atom is -0.385 e. The first-order chi connectivity index (χ1) is 13.0. The fourth-order valence-electron chi connectivity index (χ4n) is 2.22. The van der Waals surface area contributed by atoms with Gasteiger partial charge in [0.25, 0.3) is 5.91 Å². The molecule has 6 nitrogen and oxygen atoms in total. The first-order valence-corrected chi connectivity index (χ1v) is 8.73. The maximum absolute atomic E-state index is 13.1. The number of hydrogen-bond acceptors (Lipinski definition) is 4. The van der Waals surface area contributed by atoms with Crippen molar-refractivity contribution in [1.82, 2.24) is 5.32 Å². The molecule has 0 aliphatic carbocycles. The number of nitrogens with one attached hydrogen (secondary N) is 3. The second-order valence-corrected chi connectivity index (χ2v) is 6.12. The summed E-state index contributed by atoms with van der Waals surface area (Å²) >= 11 is 5.68. The van der Waals surface area contributed by atoms with Crippen molar-refractivity contribution < 1.29 is 18.7 Å². The molecular formula is C19H21ClFN3O3. The minimum absolute atomic E-state index is 0.0115. The van der Waals surface area contributed by atoms with Crippen molar-refractivity contribution in [3.8, 4) is 0 Å². The van der Waals surface area contributed by atoms with E-state index >= 15 is 0 Å². The van der Waals surface area contributed by atoms with Gasteiger partial charge >= 0.3 is 0 Å². The third-order valence-corrected chi connectivity index (χ3v) is 3.90. The summed E-state index contributed by atoms with van der Waals surface area (Å²) in [4.78, 5) is 23.9. The fraction of sp³-hybridized carbons (Fsp3) is 0.263. The van der Waals surface area contributed by atoms with E-state index in [1.54, 1.807) is 31.4 Å². The van der Waals surface area contributed by atoms with Crippen LogP contribution in [0.4, 0.5) is 15.8 Å². The van der Waals surface area contributed by atoms with Gasteiger partial charge in [-0.15, -0.1) is 0 Å². The lowest BCUT2D eigenvalue weighted by atomic mass is 10.2. The van der Waals surface area contributed by atoms with E-state index in [-0.39, 0.29) is 23.4 Å². The van der Waals surface area contributed by atoms with Crippen LogP contribution in [0, 0.1) is 5.82 Å². The number of ether oxygens (including phenoxy) is 1. The van der Waals surface area contributed by atoms with E-state index in [4.69, 9.17) is 16.3 Å². The van der Waals surface area contributed by atoms with Crippen LogP contribution in [0.15, 0.2) is 42.5 Å². The van der Waals surface area contributed by atoms with E-state index in [2.05, 4.69) is 16.0 Å². The van der Waals surface area contributed by atoms with Gasteiger partial charge in [0.1, 0.15) is 5.82 Å². The zero-order chi connectivity index (χ0) is 19.6. The third kappa shape index (κ3) is 6.88. The van der Waals surface area contributed by atoms with E-state index in [0.29, 0.717) is 30.1 Å². The van der Waals surface area contributed by atoms with Gasteiger partial charge in [-0.25, -0.2) is 4.39 Å². The molecule has 2 aromatic carbocycles. The van der Waals surface area contributed by atoms with Crippen molar-refractivity contribution in [1.29, 1.82) is 0 Å². The summed E-state index contributed by atoms with van der Waals surface area (Å²) in [6.45, 7) is 1.15. The highest BCUT2D eigenvalue weighted by molar-refractivity contribution is 6.31. The van der Waals surface area contributed by atoms with Crippen LogP contribution in [0.2, 0.25) is 5.02 Å². The molecule has 0 heterocycles. The molecule has 0 saturated carbocycles. The molecule has 3 N–H and O–H groups in total. The number of rotatable bonds is 9. The molecule has 8 heteroatoms. The number of halogens is 2. The van der Waals surface area contributed by atoms with E-state index in [1.165, 1.54) is 18.2 Å². The van der Waals surface area contributed by atoms with Crippen molar-refractivity contribution in [2.75, 3.05) is 37.4 Å². The molecule has 2 rings (SSSR count). The Bertz CT molecular complexity index is 784. The van der Waals surface area contributed by atoms with Crippen LogP contribution in [-0.4, -0.2) is 38.6 Å². The maximum atomic E-state index is 13.1. The first-order valence-electron chi connectivity index (χ1n) is 8.35. The molecule has 0 aromatic heterocycles. The summed E-state index contributed by atoms with van der Waals surface area (Å²) in [6, 6.07) is 10.7.